The van der Waals surface area contributed by atoms with Crippen LogP contribution in [0.5, 0.6) is 0 Å². The maximum Gasteiger partial charge on any atom is 0.268 e. The SMILES string of the molecule is CCOCCn1c(=NC(=O)CN2C(=O)c3ccccc3C2=O)sc2cc(Cl)cc(Cl)c21. The summed E-state index contributed by atoms with van der Waals surface area (Å²) >= 11 is 13.8. The van der Waals surface area contributed by atoms with Gasteiger partial charge in [-0.15, -0.1) is 0 Å². The predicted octanol–water partition coefficient (Wildman–Crippen LogP) is 3.77. The minimum atomic E-state index is -0.617. The molecule has 2 heterocycles. The Balaban J connectivity index is 1.68. The lowest BCUT2D eigenvalue weighted by Gasteiger charge is -2.10. The van der Waals surface area contributed by atoms with Crippen LogP contribution in [0, 0.1) is 0 Å². The smallest absolute Gasteiger partial charge is 0.268 e. The van der Waals surface area contributed by atoms with Gasteiger partial charge in [0.15, 0.2) is 4.80 Å². The van der Waals surface area contributed by atoms with E-state index in [-0.39, 0.29) is 11.1 Å². The number of nitrogens with zero attached hydrogens (tertiary/aromatic N) is 3. The summed E-state index contributed by atoms with van der Waals surface area (Å²) in [5, 5.41) is 0.907. The number of imide groups is 1. The van der Waals surface area contributed by atoms with E-state index in [4.69, 9.17) is 27.9 Å². The van der Waals surface area contributed by atoms with Crippen LogP contribution in [0.1, 0.15) is 27.6 Å². The summed E-state index contributed by atoms with van der Waals surface area (Å²) in [6, 6.07) is 9.85. The molecule has 0 N–H and O–H groups in total. The molecule has 1 aliphatic heterocycles. The number of carbonyl (C=O) groups is 3. The number of benzene rings is 2. The molecular formula is C21H17Cl2N3O4S. The number of hydrogen-bond donors (Lipinski definition) is 0. The average molecular weight is 478 g/mol. The highest BCUT2D eigenvalue weighted by atomic mass is 35.5. The van der Waals surface area contributed by atoms with E-state index in [1.54, 1.807) is 41.0 Å². The Hall–Kier alpha value is -2.52. The number of aromatic nitrogens is 1. The first-order chi connectivity index (χ1) is 14.9. The number of fused-ring (bicyclic) bond motifs is 2. The Bertz CT molecular complexity index is 1250. The number of rotatable bonds is 6. The van der Waals surface area contributed by atoms with Gasteiger partial charge in [0.1, 0.15) is 6.54 Å². The zero-order valence-electron chi connectivity index (χ0n) is 16.4. The molecule has 0 spiro atoms. The third-order valence-corrected chi connectivity index (χ3v) is 6.28. The second-order valence-corrected chi connectivity index (χ2v) is 8.57. The van der Waals surface area contributed by atoms with Crippen LogP contribution >= 0.6 is 34.5 Å². The van der Waals surface area contributed by atoms with Gasteiger partial charge in [-0.05, 0) is 31.2 Å². The van der Waals surface area contributed by atoms with E-state index in [0.29, 0.717) is 40.1 Å². The highest BCUT2D eigenvalue weighted by Gasteiger charge is 2.36. The van der Waals surface area contributed by atoms with E-state index in [1.807, 2.05) is 6.92 Å². The molecule has 0 radical (unpaired) electrons. The maximum atomic E-state index is 12.7. The molecule has 1 aliphatic rings. The van der Waals surface area contributed by atoms with Gasteiger partial charge in [-0.1, -0.05) is 46.7 Å². The van der Waals surface area contributed by atoms with Crippen molar-refractivity contribution in [1.82, 2.24) is 9.47 Å². The van der Waals surface area contributed by atoms with Crippen molar-refractivity contribution in [3.63, 3.8) is 0 Å². The van der Waals surface area contributed by atoms with Gasteiger partial charge in [0.25, 0.3) is 17.7 Å². The van der Waals surface area contributed by atoms with Gasteiger partial charge < -0.3 is 9.30 Å². The van der Waals surface area contributed by atoms with Crippen LogP contribution in [0.2, 0.25) is 10.0 Å². The third-order valence-electron chi connectivity index (χ3n) is 4.75. The van der Waals surface area contributed by atoms with Crippen molar-refractivity contribution in [2.24, 2.45) is 4.99 Å². The van der Waals surface area contributed by atoms with E-state index in [0.717, 1.165) is 9.60 Å². The molecule has 0 fully saturated rings. The van der Waals surface area contributed by atoms with Crippen molar-refractivity contribution in [1.29, 1.82) is 0 Å². The summed E-state index contributed by atoms with van der Waals surface area (Å²) in [4.78, 5) is 43.2. The number of ether oxygens (including phenoxy) is 1. The maximum absolute atomic E-state index is 12.7. The van der Waals surface area contributed by atoms with Crippen LogP contribution in [-0.2, 0) is 16.1 Å². The van der Waals surface area contributed by atoms with E-state index < -0.39 is 24.3 Å². The minimum absolute atomic E-state index is 0.287. The standard InChI is InChI=1S/C21H17Cl2N3O4S/c1-2-30-8-7-25-18-15(23)9-12(22)10-16(18)31-21(25)24-17(27)11-26-19(28)13-5-3-4-6-14(13)20(26)29/h3-6,9-10H,2,7-8,11H2,1H3. The first kappa shape index (κ1) is 21.7. The summed E-state index contributed by atoms with van der Waals surface area (Å²) in [7, 11) is 0. The Morgan fingerprint density at radius 2 is 1.81 bits per heavy atom. The molecule has 0 saturated heterocycles. The summed E-state index contributed by atoms with van der Waals surface area (Å²) in [5.41, 5.74) is 1.27. The Labute approximate surface area is 191 Å². The van der Waals surface area contributed by atoms with Crippen molar-refractivity contribution in [2.75, 3.05) is 19.8 Å². The molecule has 0 atom stereocenters. The van der Waals surface area contributed by atoms with E-state index in [2.05, 4.69) is 4.99 Å². The van der Waals surface area contributed by atoms with Crippen LogP contribution in [0.3, 0.4) is 0 Å². The number of hydrogen-bond acceptors (Lipinski definition) is 5. The van der Waals surface area contributed by atoms with Crippen molar-refractivity contribution >= 4 is 62.5 Å². The monoisotopic (exact) mass is 477 g/mol. The number of halogens is 2. The molecule has 0 saturated carbocycles. The molecule has 3 aromatic rings. The fraction of sp³-hybridized carbons (Fsp3) is 0.238. The van der Waals surface area contributed by atoms with Crippen molar-refractivity contribution in [3.8, 4) is 0 Å². The molecule has 31 heavy (non-hydrogen) atoms. The summed E-state index contributed by atoms with van der Waals surface area (Å²) in [6.07, 6.45) is 0. The zero-order valence-corrected chi connectivity index (χ0v) is 18.8. The second kappa shape index (κ2) is 8.92. The minimum Gasteiger partial charge on any atom is -0.380 e. The fourth-order valence-corrected chi connectivity index (χ4v) is 5.24. The Morgan fingerprint density at radius 1 is 1.13 bits per heavy atom. The normalized spacial score (nSPS) is 14.0. The van der Waals surface area contributed by atoms with Gasteiger partial charge in [0.05, 0.1) is 33.0 Å². The van der Waals surface area contributed by atoms with Crippen LogP contribution in [0.25, 0.3) is 10.2 Å². The van der Waals surface area contributed by atoms with Crippen LogP contribution in [0.4, 0.5) is 0 Å². The van der Waals surface area contributed by atoms with Crippen molar-refractivity contribution in [2.45, 2.75) is 13.5 Å². The molecule has 0 aliphatic carbocycles. The van der Waals surface area contributed by atoms with Crippen molar-refractivity contribution < 1.29 is 19.1 Å². The topological polar surface area (TPSA) is 81.0 Å². The molecule has 3 amide bonds. The fourth-order valence-electron chi connectivity index (χ4n) is 3.38. The molecule has 4 rings (SSSR count). The predicted molar refractivity (Wildman–Crippen MR) is 119 cm³/mol. The van der Waals surface area contributed by atoms with Gasteiger partial charge in [-0.2, -0.15) is 4.99 Å². The first-order valence-electron chi connectivity index (χ1n) is 9.49. The number of amides is 3. The molecule has 7 nitrogen and oxygen atoms in total. The van der Waals surface area contributed by atoms with Gasteiger partial charge >= 0.3 is 0 Å². The molecule has 160 valence electrons. The van der Waals surface area contributed by atoms with Crippen LogP contribution in [0.15, 0.2) is 41.4 Å². The van der Waals surface area contributed by atoms with Crippen molar-refractivity contribution in [3.05, 3.63) is 62.4 Å². The molecular weight excluding hydrogens is 461 g/mol. The molecule has 1 aromatic heterocycles. The van der Waals surface area contributed by atoms with Gasteiger partial charge in [0.2, 0.25) is 0 Å². The average Bonchev–Trinajstić information content (AvgIpc) is 3.18. The van der Waals surface area contributed by atoms with E-state index in [1.165, 1.54) is 11.3 Å². The van der Waals surface area contributed by atoms with Crippen LogP contribution < -0.4 is 4.80 Å². The number of thiazole rings is 1. The quantitative estimate of drug-likeness (QED) is 0.399. The highest BCUT2D eigenvalue weighted by Crippen LogP contribution is 2.29. The lowest BCUT2D eigenvalue weighted by molar-refractivity contribution is -0.118. The van der Waals surface area contributed by atoms with E-state index >= 15 is 0 Å². The van der Waals surface area contributed by atoms with Gasteiger partial charge in [-0.25, -0.2) is 0 Å². The van der Waals surface area contributed by atoms with Gasteiger partial charge in [0, 0.05) is 18.2 Å². The van der Waals surface area contributed by atoms with Crippen LogP contribution in [-0.4, -0.2) is 46.9 Å². The lowest BCUT2D eigenvalue weighted by Crippen LogP contribution is -2.35. The Morgan fingerprint density at radius 3 is 2.45 bits per heavy atom. The summed E-state index contributed by atoms with van der Waals surface area (Å²) in [6.45, 7) is 2.82. The lowest BCUT2D eigenvalue weighted by atomic mass is 10.1. The molecule has 2 aromatic carbocycles. The molecule has 0 bridgehead atoms. The molecule has 0 unspecified atom stereocenters. The summed E-state index contributed by atoms with van der Waals surface area (Å²) < 4.78 is 7.99. The van der Waals surface area contributed by atoms with E-state index in [9.17, 15) is 14.4 Å². The summed E-state index contributed by atoms with van der Waals surface area (Å²) in [5.74, 6) is -1.62. The zero-order chi connectivity index (χ0) is 22.1. The second-order valence-electron chi connectivity index (χ2n) is 6.72. The Kier molecular flexibility index (Phi) is 6.24. The highest BCUT2D eigenvalue weighted by molar-refractivity contribution is 7.16. The third kappa shape index (κ3) is 4.16. The first-order valence-corrected chi connectivity index (χ1v) is 11.1. The number of carbonyl (C=O) groups excluding carboxylic acids is 3. The molecule has 10 heteroatoms. The van der Waals surface area contributed by atoms with Gasteiger partial charge in [-0.3, -0.25) is 19.3 Å². The largest absolute Gasteiger partial charge is 0.380 e.